The molecule has 4 rings (SSSR count). The van der Waals surface area contributed by atoms with E-state index in [4.69, 9.17) is 0 Å². The van der Waals surface area contributed by atoms with Crippen molar-refractivity contribution in [1.82, 2.24) is 20.1 Å². The van der Waals surface area contributed by atoms with Crippen LogP contribution >= 0.6 is 0 Å². The fraction of sp³-hybridized carbons (Fsp3) is 0.348. The van der Waals surface area contributed by atoms with Crippen LogP contribution in [0.3, 0.4) is 0 Å². The van der Waals surface area contributed by atoms with Gasteiger partial charge in [-0.2, -0.15) is 0 Å². The summed E-state index contributed by atoms with van der Waals surface area (Å²) in [5.74, 6) is 0.935. The minimum absolute atomic E-state index is 0.187. The zero-order valence-electron chi connectivity index (χ0n) is 18.3. The van der Waals surface area contributed by atoms with Crippen molar-refractivity contribution in [2.45, 2.75) is 50.5 Å². The van der Waals surface area contributed by atoms with Crippen molar-refractivity contribution in [1.29, 1.82) is 0 Å². The summed E-state index contributed by atoms with van der Waals surface area (Å²) >= 11 is 0. The summed E-state index contributed by atoms with van der Waals surface area (Å²) < 4.78 is 43.5. The van der Waals surface area contributed by atoms with E-state index in [1.807, 2.05) is 0 Å². The zero-order valence-corrected chi connectivity index (χ0v) is 19.2. The van der Waals surface area contributed by atoms with E-state index in [9.17, 15) is 17.6 Å². The third-order valence-electron chi connectivity index (χ3n) is 5.65. The second kappa shape index (κ2) is 9.70. The van der Waals surface area contributed by atoms with Gasteiger partial charge in [-0.05, 0) is 55.7 Å². The topological polar surface area (TPSA) is 106 Å². The van der Waals surface area contributed by atoms with E-state index in [0.717, 1.165) is 43.5 Å². The minimum Gasteiger partial charge on any atom is -0.352 e. The van der Waals surface area contributed by atoms with Crippen molar-refractivity contribution in [3.05, 3.63) is 71.1 Å². The Kier molecular flexibility index (Phi) is 6.73. The predicted octanol–water partition coefficient (Wildman–Crippen LogP) is 3.23. The summed E-state index contributed by atoms with van der Waals surface area (Å²) in [6.45, 7) is 2.84. The number of fused-ring (bicyclic) bond motifs is 1. The van der Waals surface area contributed by atoms with Crippen molar-refractivity contribution in [2.24, 2.45) is 0 Å². The summed E-state index contributed by atoms with van der Waals surface area (Å²) in [4.78, 5) is 12.4. The Balaban J connectivity index is 1.38. The van der Waals surface area contributed by atoms with Crippen molar-refractivity contribution in [3.8, 4) is 0 Å². The quantitative estimate of drug-likeness (QED) is 0.550. The molecule has 1 aromatic heterocycles. The normalized spacial score (nSPS) is 13.8. The van der Waals surface area contributed by atoms with E-state index in [1.165, 1.54) is 30.7 Å². The number of rotatable bonds is 7. The third-order valence-corrected chi connectivity index (χ3v) is 7.03. The number of sulfonamides is 1. The van der Waals surface area contributed by atoms with Crippen LogP contribution in [0.5, 0.6) is 0 Å². The molecule has 0 fully saturated rings. The standard InChI is InChI=1S/C23H26FN5O3S/c1-16-9-10-19(15-20(16)24)33(31,32)28-18-7-5-6-17(14-18)23(30)25-12-11-22-27-26-21-8-3-2-4-13-29(21)22/h5-7,9-10,14-15,28H,2-4,8,11-13H2,1H3,(H,25,30). The highest BCUT2D eigenvalue weighted by Crippen LogP contribution is 2.20. The molecule has 0 saturated carbocycles. The van der Waals surface area contributed by atoms with Gasteiger partial charge in [-0.25, -0.2) is 12.8 Å². The Bertz CT molecular complexity index is 1270. The molecule has 1 aliphatic heterocycles. The third kappa shape index (κ3) is 5.39. The molecule has 0 saturated heterocycles. The summed E-state index contributed by atoms with van der Waals surface area (Å²) in [5, 5.41) is 11.4. The maximum Gasteiger partial charge on any atom is 0.261 e. The Morgan fingerprint density at radius 2 is 1.97 bits per heavy atom. The van der Waals surface area contributed by atoms with Crippen molar-refractivity contribution in [2.75, 3.05) is 11.3 Å². The SMILES string of the molecule is Cc1ccc(S(=O)(=O)Nc2cccc(C(=O)NCCc3nnc4n3CCCCC4)c2)cc1F. The number of benzene rings is 2. The van der Waals surface area contributed by atoms with Crippen LogP contribution in [0.1, 0.15) is 46.8 Å². The van der Waals surface area contributed by atoms with Gasteiger partial charge in [-0.1, -0.05) is 18.6 Å². The van der Waals surface area contributed by atoms with Crippen LogP contribution in [0.15, 0.2) is 47.4 Å². The summed E-state index contributed by atoms with van der Waals surface area (Å²) in [7, 11) is -3.99. The van der Waals surface area contributed by atoms with Crippen LogP contribution in [-0.2, 0) is 29.4 Å². The molecule has 1 aliphatic rings. The molecular formula is C23H26FN5O3S. The molecule has 0 bridgehead atoms. The second-order valence-corrected chi connectivity index (χ2v) is 9.78. The molecule has 0 aliphatic carbocycles. The molecule has 2 heterocycles. The summed E-state index contributed by atoms with van der Waals surface area (Å²) in [6.07, 6.45) is 4.88. The van der Waals surface area contributed by atoms with Crippen LogP contribution < -0.4 is 10.0 Å². The molecular weight excluding hydrogens is 445 g/mol. The number of carbonyl (C=O) groups excluding carboxylic acids is 1. The monoisotopic (exact) mass is 471 g/mol. The number of nitrogens with one attached hydrogen (secondary N) is 2. The molecule has 8 nitrogen and oxygen atoms in total. The number of amides is 1. The lowest BCUT2D eigenvalue weighted by Gasteiger charge is -2.11. The van der Waals surface area contributed by atoms with Gasteiger partial charge >= 0.3 is 0 Å². The molecule has 1 amide bonds. The fourth-order valence-corrected chi connectivity index (χ4v) is 4.86. The zero-order chi connectivity index (χ0) is 23.4. The minimum atomic E-state index is -3.99. The highest BCUT2D eigenvalue weighted by molar-refractivity contribution is 7.92. The first-order valence-electron chi connectivity index (χ1n) is 10.9. The van der Waals surface area contributed by atoms with E-state index >= 15 is 0 Å². The van der Waals surface area contributed by atoms with Crippen LogP contribution in [0, 0.1) is 12.7 Å². The van der Waals surface area contributed by atoms with Crippen LogP contribution in [0.4, 0.5) is 10.1 Å². The van der Waals surface area contributed by atoms with Crippen molar-refractivity contribution >= 4 is 21.6 Å². The molecule has 0 atom stereocenters. The number of nitrogens with zero attached hydrogens (tertiary/aromatic N) is 3. The fourth-order valence-electron chi connectivity index (χ4n) is 3.80. The Morgan fingerprint density at radius 3 is 2.79 bits per heavy atom. The molecule has 2 aromatic carbocycles. The lowest BCUT2D eigenvalue weighted by molar-refractivity contribution is 0.0954. The van der Waals surface area contributed by atoms with Crippen LogP contribution in [-0.4, -0.2) is 35.6 Å². The van der Waals surface area contributed by atoms with E-state index in [0.29, 0.717) is 24.1 Å². The Hall–Kier alpha value is -3.27. The van der Waals surface area contributed by atoms with Gasteiger partial charge in [0.1, 0.15) is 17.5 Å². The van der Waals surface area contributed by atoms with Gasteiger partial charge in [0, 0.05) is 37.2 Å². The molecule has 3 aromatic rings. The molecule has 10 heteroatoms. The molecule has 0 spiro atoms. The van der Waals surface area contributed by atoms with Gasteiger partial charge in [-0.3, -0.25) is 9.52 Å². The number of carbonyl (C=O) groups is 1. The first kappa shape index (κ1) is 22.9. The first-order valence-corrected chi connectivity index (χ1v) is 12.4. The maximum atomic E-state index is 13.8. The molecule has 33 heavy (non-hydrogen) atoms. The van der Waals surface area contributed by atoms with Gasteiger partial charge in [-0.15, -0.1) is 10.2 Å². The highest BCUT2D eigenvalue weighted by atomic mass is 32.2. The van der Waals surface area contributed by atoms with E-state index in [2.05, 4.69) is 24.8 Å². The summed E-state index contributed by atoms with van der Waals surface area (Å²) in [6, 6.07) is 9.87. The largest absolute Gasteiger partial charge is 0.352 e. The molecule has 0 unspecified atom stereocenters. The Morgan fingerprint density at radius 1 is 1.12 bits per heavy atom. The predicted molar refractivity (Wildman–Crippen MR) is 122 cm³/mol. The van der Waals surface area contributed by atoms with Crippen molar-refractivity contribution in [3.63, 3.8) is 0 Å². The average Bonchev–Trinajstić information content (AvgIpc) is 3.01. The van der Waals surface area contributed by atoms with Crippen LogP contribution in [0.2, 0.25) is 0 Å². The van der Waals surface area contributed by atoms with E-state index < -0.39 is 15.8 Å². The Labute approximate surface area is 192 Å². The molecule has 174 valence electrons. The lowest BCUT2D eigenvalue weighted by atomic mass is 10.2. The van der Waals surface area contributed by atoms with Crippen LogP contribution in [0.25, 0.3) is 0 Å². The van der Waals surface area contributed by atoms with E-state index in [1.54, 1.807) is 19.1 Å². The van der Waals surface area contributed by atoms with Gasteiger partial charge in [0.25, 0.3) is 15.9 Å². The molecule has 2 N–H and O–H groups in total. The average molecular weight is 472 g/mol. The number of halogens is 1. The molecule has 0 radical (unpaired) electrons. The highest BCUT2D eigenvalue weighted by Gasteiger charge is 2.17. The lowest BCUT2D eigenvalue weighted by Crippen LogP contribution is -2.26. The van der Waals surface area contributed by atoms with Gasteiger partial charge in [0.15, 0.2) is 0 Å². The van der Waals surface area contributed by atoms with E-state index in [-0.39, 0.29) is 16.5 Å². The number of hydrogen-bond donors (Lipinski definition) is 2. The van der Waals surface area contributed by atoms with Gasteiger partial charge < -0.3 is 9.88 Å². The maximum absolute atomic E-state index is 13.8. The second-order valence-electron chi connectivity index (χ2n) is 8.10. The number of aromatic nitrogens is 3. The number of anilines is 1. The number of hydrogen-bond acceptors (Lipinski definition) is 5. The van der Waals surface area contributed by atoms with Crippen molar-refractivity contribution < 1.29 is 17.6 Å². The number of aryl methyl sites for hydroxylation is 2. The first-order chi connectivity index (χ1) is 15.8. The van der Waals surface area contributed by atoms with Gasteiger partial charge in [0.2, 0.25) is 0 Å². The summed E-state index contributed by atoms with van der Waals surface area (Å²) in [5.41, 5.74) is 0.881. The smallest absolute Gasteiger partial charge is 0.261 e. The van der Waals surface area contributed by atoms with Gasteiger partial charge in [0.05, 0.1) is 4.90 Å².